The van der Waals surface area contributed by atoms with E-state index in [0.29, 0.717) is 29.6 Å². The molecule has 1 aliphatic rings. The van der Waals surface area contributed by atoms with Gasteiger partial charge in [0.15, 0.2) is 0 Å². The molecule has 0 bridgehead atoms. The van der Waals surface area contributed by atoms with Gasteiger partial charge in [0.1, 0.15) is 11.6 Å². The Balaban J connectivity index is 1.28. The van der Waals surface area contributed by atoms with Crippen LogP contribution in [0.5, 0.6) is 0 Å². The predicted octanol–water partition coefficient (Wildman–Crippen LogP) is 6.20. The summed E-state index contributed by atoms with van der Waals surface area (Å²) in [6.45, 7) is 6.54. The summed E-state index contributed by atoms with van der Waals surface area (Å²) in [6, 6.07) is 19.7. The number of benzene rings is 2. The number of nitrogens with one attached hydrogen (secondary N) is 2. The third kappa shape index (κ3) is 8.92. The van der Waals surface area contributed by atoms with Gasteiger partial charge in [-0.1, -0.05) is 42.5 Å². The maximum atomic E-state index is 13.5. The number of amides is 2. The van der Waals surface area contributed by atoms with E-state index in [2.05, 4.69) is 26.7 Å². The molecule has 0 saturated carbocycles. The van der Waals surface area contributed by atoms with Gasteiger partial charge in [0.25, 0.3) is 5.91 Å². The topological polar surface area (TPSA) is 134 Å². The Morgan fingerprint density at radius 2 is 1.72 bits per heavy atom. The van der Waals surface area contributed by atoms with Crippen LogP contribution >= 0.6 is 0 Å². The first-order valence-electron chi connectivity index (χ1n) is 16.2. The third-order valence-corrected chi connectivity index (χ3v) is 8.21. The van der Waals surface area contributed by atoms with Crippen LogP contribution in [0.25, 0.3) is 10.8 Å². The lowest BCUT2D eigenvalue weighted by atomic mass is 9.92. The number of aliphatic carboxylic acids is 1. The number of hydrogen-bond donors (Lipinski definition) is 3. The predicted molar refractivity (Wildman–Crippen MR) is 180 cm³/mol. The molecule has 47 heavy (non-hydrogen) atoms. The second-order valence-corrected chi connectivity index (χ2v) is 12.9. The minimum Gasteiger partial charge on any atom is -0.480 e. The van der Waals surface area contributed by atoms with Crippen LogP contribution in [0.3, 0.4) is 0 Å². The first-order chi connectivity index (χ1) is 22.6. The zero-order chi connectivity index (χ0) is 33.4. The number of hydrogen-bond acceptors (Lipinski definition) is 7. The van der Waals surface area contributed by atoms with E-state index in [1.165, 1.54) is 5.56 Å². The third-order valence-electron chi connectivity index (χ3n) is 8.21. The highest BCUT2D eigenvalue weighted by molar-refractivity contribution is 6.08. The van der Waals surface area contributed by atoms with E-state index < -0.39 is 29.6 Å². The van der Waals surface area contributed by atoms with E-state index in [1.807, 2.05) is 81.6 Å². The molecule has 2 heterocycles. The van der Waals surface area contributed by atoms with Crippen molar-refractivity contribution in [3.8, 4) is 0 Å². The van der Waals surface area contributed by atoms with Crippen LogP contribution in [0.15, 0.2) is 79.1 Å². The summed E-state index contributed by atoms with van der Waals surface area (Å²) in [6.07, 6.45) is 6.97. The largest absolute Gasteiger partial charge is 0.480 e. The monoisotopic (exact) mass is 637 g/mol. The van der Waals surface area contributed by atoms with E-state index in [4.69, 9.17) is 4.74 Å². The van der Waals surface area contributed by atoms with Gasteiger partial charge in [-0.3, -0.25) is 19.7 Å². The molecule has 2 aromatic carbocycles. The number of carbonyl (C=O) groups excluding carboxylic acids is 2. The van der Waals surface area contributed by atoms with Crippen molar-refractivity contribution in [1.29, 1.82) is 0 Å². The first kappa shape index (κ1) is 33.5. The van der Waals surface area contributed by atoms with Gasteiger partial charge in [0.2, 0.25) is 0 Å². The molecule has 2 amide bonds. The number of aromatic nitrogens is 2. The quantitative estimate of drug-likeness (QED) is 0.157. The van der Waals surface area contributed by atoms with Crippen molar-refractivity contribution >= 4 is 28.7 Å². The zero-order valence-corrected chi connectivity index (χ0v) is 27.2. The molecule has 10 heteroatoms. The summed E-state index contributed by atoms with van der Waals surface area (Å²) in [5.74, 6) is -1.54. The van der Waals surface area contributed by atoms with Gasteiger partial charge in [0.05, 0.1) is 24.5 Å². The van der Waals surface area contributed by atoms with Crippen LogP contribution in [0.4, 0.5) is 4.79 Å². The van der Waals surface area contributed by atoms with E-state index in [0.717, 1.165) is 35.9 Å². The molecule has 0 spiro atoms. The van der Waals surface area contributed by atoms with E-state index >= 15 is 0 Å². The Bertz CT molecular complexity index is 1700. The lowest BCUT2D eigenvalue weighted by Gasteiger charge is -2.28. The summed E-state index contributed by atoms with van der Waals surface area (Å²) >= 11 is 0. The van der Waals surface area contributed by atoms with Gasteiger partial charge in [0, 0.05) is 24.0 Å². The minimum atomic E-state index is -1.08. The molecule has 4 aromatic rings. The molecule has 10 nitrogen and oxygen atoms in total. The maximum Gasteiger partial charge on any atom is 0.410 e. The van der Waals surface area contributed by atoms with E-state index in [9.17, 15) is 19.5 Å². The molecule has 1 aliphatic carbocycles. The second-order valence-electron chi connectivity index (χ2n) is 12.9. The van der Waals surface area contributed by atoms with E-state index in [1.54, 1.807) is 17.2 Å². The molecule has 246 valence electrons. The lowest BCUT2D eigenvalue weighted by Crippen LogP contribution is -2.41. The van der Waals surface area contributed by atoms with Crippen LogP contribution in [-0.2, 0) is 29.0 Å². The number of carbonyl (C=O) groups is 3. The number of fused-ring (bicyclic) bond motifs is 2. The number of carboxylic acids is 1. The van der Waals surface area contributed by atoms with Gasteiger partial charge in [-0.25, -0.2) is 9.59 Å². The van der Waals surface area contributed by atoms with Crippen molar-refractivity contribution in [2.24, 2.45) is 0 Å². The second kappa shape index (κ2) is 15.2. The Labute approximate surface area is 275 Å². The van der Waals surface area contributed by atoms with Gasteiger partial charge >= 0.3 is 12.1 Å². The number of ether oxygens (including phenoxy) is 1. The van der Waals surface area contributed by atoms with Crippen molar-refractivity contribution in [2.75, 3.05) is 6.54 Å². The average molecular weight is 638 g/mol. The Hall–Kier alpha value is -4.83. The van der Waals surface area contributed by atoms with Crippen molar-refractivity contribution in [1.82, 2.24) is 25.5 Å². The van der Waals surface area contributed by atoms with Gasteiger partial charge in [-0.05, 0) is 106 Å². The average Bonchev–Trinajstić information content (AvgIpc) is 3.05. The molecule has 2 aromatic heterocycles. The fourth-order valence-corrected chi connectivity index (χ4v) is 5.99. The minimum absolute atomic E-state index is 0.151. The SMILES string of the molecule is CC(C)(C)OC(=O)N(Cc1ccccn1)Cc1ccc(C(=O)N[C@@H](CCCN[C@@H]2CCCc3cccnc32)C(=O)O)c2ccccc12. The zero-order valence-electron chi connectivity index (χ0n) is 27.2. The Morgan fingerprint density at radius 3 is 2.47 bits per heavy atom. The smallest absolute Gasteiger partial charge is 0.410 e. The molecule has 0 saturated heterocycles. The van der Waals surface area contributed by atoms with Gasteiger partial charge < -0.3 is 20.5 Å². The molecular weight excluding hydrogens is 594 g/mol. The summed E-state index contributed by atoms with van der Waals surface area (Å²) in [5.41, 5.74) is 3.55. The fraction of sp³-hybridized carbons (Fsp3) is 0.378. The molecular formula is C37H43N5O5. The van der Waals surface area contributed by atoms with Crippen LogP contribution < -0.4 is 10.6 Å². The number of pyridine rings is 2. The van der Waals surface area contributed by atoms with Gasteiger partial charge in [-0.15, -0.1) is 0 Å². The number of rotatable bonds is 12. The molecule has 0 unspecified atom stereocenters. The molecule has 0 aliphatic heterocycles. The Morgan fingerprint density at radius 1 is 0.957 bits per heavy atom. The molecule has 2 atom stereocenters. The molecule has 0 radical (unpaired) electrons. The number of aryl methyl sites for hydroxylation is 1. The van der Waals surface area contributed by atoms with Crippen molar-refractivity contribution in [3.05, 3.63) is 107 Å². The van der Waals surface area contributed by atoms with Crippen LogP contribution in [-0.4, -0.2) is 56.1 Å². The van der Waals surface area contributed by atoms with Crippen molar-refractivity contribution in [3.63, 3.8) is 0 Å². The summed E-state index contributed by atoms with van der Waals surface area (Å²) in [7, 11) is 0. The highest BCUT2D eigenvalue weighted by Crippen LogP contribution is 2.28. The number of carboxylic acid groups (broad SMARTS) is 1. The van der Waals surface area contributed by atoms with Crippen LogP contribution in [0.1, 0.15) is 85.4 Å². The van der Waals surface area contributed by atoms with Crippen molar-refractivity contribution in [2.45, 2.75) is 83.6 Å². The van der Waals surface area contributed by atoms with E-state index in [-0.39, 0.29) is 25.6 Å². The summed E-state index contributed by atoms with van der Waals surface area (Å²) < 4.78 is 5.71. The van der Waals surface area contributed by atoms with Crippen molar-refractivity contribution < 1.29 is 24.2 Å². The molecule has 0 fully saturated rings. The Kier molecular flexibility index (Phi) is 10.8. The van der Waals surface area contributed by atoms with Crippen LogP contribution in [0.2, 0.25) is 0 Å². The maximum absolute atomic E-state index is 13.5. The van der Waals surface area contributed by atoms with Gasteiger partial charge in [-0.2, -0.15) is 0 Å². The molecule has 5 rings (SSSR count). The normalized spacial score (nSPS) is 15.0. The standard InChI is InChI=1S/C37H43N5O5/c1-37(2,3)47-36(46)42(24-27-13-6-7-20-38-27)23-26-18-19-30(29-15-5-4-14-28(26)29)34(43)41-32(35(44)45)17-10-21-39-31-16-8-11-25-12-9-22-40-33(25)31/h4-7,9,12-15,18-20,22,31-32,39H,8,10-11,16-17,21,23-24H2,1-3H3,(H,41,43)(H,44,45)/t31-,32+/m1/s1. The number of nitrogens with zero attached hydrogens (tertiary/aromatic N) is 3. The summed E-state index contributed by atoms with van der Waals surface area (Å²) in [4.78, 5) is 49.5. The highest BCUT2D eigenvalue weighted by atomic mass is 16.6. The molecule has 3 N–H and O–H groups in total. The highest BCUT2D eigenvalue weighted by Gasteiger charge is 2.26. The first-order valence-corrected chi connectivity index (χ1v) is 16.2. The summed E-state index contributed by atoms with van der Waals surface area (Å²) in [5, 5.41) is 17.7. The van der Waals surface area contributed by atoms with Crippen LogP contribution in [0, 0.1) is 0 Å². The fourth-order valence-electron chi connectivity index (χ4n) is 5.99. The lowest BCUT2D eigenvalue weighted by molar-refractivity contribution is -0.139.